The van der Waals surface area contributed by atoms with Crippen LogP contribution in [0.3, 0.4) is 0 Å². The van der Waals surface area contributed by atoms with Crippen molar-refractivity contribution in [3.8, 4) is 0 Å². The van der Waals surface area contributed by atoms with E-state index < -0.39 is 0 Å². The number of carbonyl (C=O) groups is 1. The van der Waals surface area contributed by atoms with Gasteiger partial charge in [-0.05, 0) is 37.5 Å². The molecule has 0 aliphatic heterocycles. The van der Waals surface area contributed by atoms with Crippen LogP contribution < -0.4 is 10.6 Å². The number of pyridine rings is 1. The molecule has 2 aromatic rings. The minimum absolute atomic E-state index is 0.0607. The first-order valence-corrected chi connectivity index (χ1v) is 7.17. The zero-order chi connectivity index (χ0) is 15.1. The van der Waals surface area contributed by atoms with Crippen molar-refractivity contribution in [1.82, 2.24) is 10.3 Å². The molecular formula is C17H21N3O. The quantitative estimate of drug-likeness (QED) is 0.857. The van der Waals surface area contributed by atoms with Crippen LogP contribution in [0, 0.1) is 0 Å². The molecule has 0 aliphatic rings. The van der Waals surface area contributed by atoms with Gasteiger partial charge < -0.3 is 10.6 Å². The third-order valence-electron chi connectivity index (χ3n) is 3.36. The number of rotatable bonds is 6. The first kappa shape index (κ1) is 15.0. The highest BCUT2D eigenvalue weighted by atomic mass is 16.1. The summed E-state index contributed by atoms with van der Waals surface area (Å²) in [5, 5.41) is 5.95. The minimum atomic E-state index is -0.0607. The van der Waals surface area contributed by atoms with Gasteiger partial charge in [0.1, 0.15) is 5.82 Å². The molecule has 0 saturated heterocycles. The lowest BCUT2D eigenvalue weighted by molar-refractivity contribution is 0.0938. The van der Waals surface area contributed by atoms with E-state index in [4.69, 9.17) is 0 Å². The number of amides is 1. The van der Waals surface area contributed by atoms with Crippen molar-refractivity contribution in [1.29, 1.82) is 0 Å². The fraction of sp³-hybridized carbons (Fsp3) is 0.294. The van der Waals surface area contributed by atoms with Gasteiger partial charge in [-0.1, -0.05) is 30.3 Å². The van der Waals surface area contributed by atoms with Crippen molar-refractivity contribution in [2.24, 2.45) is 0 Å². The van der Waals surface area contributed by atoms with E-state index in [0.29, 0.717) is 11.4 Å². The normalized spacial score (nSPS) is 11.7. The maximum absolute atomic E-state index is 12.2. The summed E-state index contributed by atoms with van der Waals surface area (Å²) in [5.74, 6) is 0.633. The molecule has 1 amide bonds. The van der Waals surface area contributed by atoms with Crippen molar-refractivity contribution in [3.63, 3.8) is 0 Å². The summed E-state index contributed by atoms with van der Waals surface area (Å²) < 4.78 is 0. The van der Waals surface area contributed by atoms with E-state index in [1.165, 1.54) is 5.56 Å². The standard InChI is InChI=1S/C17H21N3O/c1-13(8-9-14-6-4-3-5-7-14)20-17(21)15-10-11-19-16(12-15)18-2/h3-7,10-13H,8-9H2,1-2H3,(H,18,19)(H,20,21). The Labute approximate surface area is 125 Å². The van der Waals surface area contributed by atoms with E-state index in [-0.39, 0.29) is 11.9 Å². The lowest BCUT2D eigenvalue weighted by Crippen LogP contribution is -2.32. The van der Waals surface area contributed by atoms with Crippen LogP contribution in [0.1, 0.15) is 29.3 Å². The second-order valence-electron chi connectivity index (χ2n) is 5.08. The third kappa shape index (κ3) is 4.60. The zero-order valence-corrected chi connectivity index (χ0v) is 12.5. The van der Waals surface area contributed by atoms with E-state index in [1.54, 1.807) is 25.4 Å². The fourth-order valence-corrected chi connectivity index (χ4v) is 2.12. The van der Waals surface area contributed by atoms with Crippen LogP contribution in [0.15, 0.2) is 48.7 Å². The molecule has 0 fully saturated rings. The highest BCUT2D eigenvalue weighted by Gasteiger charge is 2.10. The summed E-state index contributed by atoms with van der Waals surface area (Å²) in [5.41, 5.74) is 1.92. The number of aromatic nitrogens is 1. The average Bonchev–Trinajstić information content (AvgIpc) is 2.54. The van der Waals surface area contributed by atoms with Crippen LogP contribution in [0.2, 0.25) is 0 Å². The summed E-state index contributed by atoms with van der Waals surface area (Å²) in [4.78, 5) is 16.3. The van der Waals surface area contributed by atoms with Gasteiger partial charge >= 0.3 is 0 Å². The van der Waals surface area contributed by atoms with E-state index >= 15 is 0 Å². The van der Waals surface area contributed by atoms with Gasteiger partial charge in [0.05, 0.1) is 0 Å². The molecule has 1 aromatic heterocycles. The Bertz CT molecular complexity index is 584. The van der Waals surface area contributed by atoms with E-state index in [2.05, 4.69) is 27.8 Å². The summed E-state index contributed by atoms with van der Waals surface area (Å²) in [6, 6.07) is 13.9. The van der Waals surface area contributed by atoms with Gasteiger partial charge in [0, 0.05) is 24.8 Å². The van der Waals surface area contributed by atoms with Gasteiger partial charge in [0.2, 0.25) is 0 Å². The highest BCUT2D eigenvalue weighted by molar-refractivity contribution is 5.94. The maximum atomic E-state index is 12.2. The van der Waals surface area contributed by atoms with Crippen molar-refractivity contribution in [2.45, 2.75) is 25.8 Å². The topological polar surface area (TPSA) is 54.0 Å². The molecule has 110 valence electrons. The van der Waals surface area contributed by atoms with Crippen molar-refractivity contribution >= 4 is 11.7 Å². The molecule has 0 bridgehead atoms. The summed E-state index contributed by atoms with van der Waals surface area (Å²) in [6.45, 7) is 2.03. The smallest absolute Gasteiger partial charge is 0.251 e. The number of nitrogens with zero attached hydrogens (tertiary/aromatic N) is 1. The molecule has 4 heteroatoms. The lowest BCUT2D eigenvalue weighted by atomic mass is 10.1. The molecule has 21 heavy (non-hydrogen) atoms. The second-order valence-corrected chi connectivity index (χ2v) is 5.08. The minimum Gasteiger partial charge on any atom is -0.373 e. The number of benzene rings is 1. The first-order valence-electron chi connectivity index (χ1n) is 7.17. The largest absolute Gasteiger partial charge is 0.373 e. The predicted molar refractivity (Wildman–Crippen MR) is 85.5 cm³/mol. The number of anilines is 1. The van der Waals surface area contributed by atoms with Gasteiger partial charge in [-0.3, -0.25) is 4.79 Å². The summed E-state index contributed by atoms with van der Waals surface area (Å²) in [6.07, 6.45) is 3.51. The van der Waals surface area contributed by atoms with Gasteiger partial charge in [-0.15, -0.1) is 0 Å². The molecule has 0 radical (unpaired) electrons. The number of hydrogen-bond acceptors (Lipinski definition) is 3. The number of nitrogens with one attached hydrogen (secondary N) is 2. The Morgan fingerprint density at radius 3 is 2.71 bits per heavy atom. The van der Waals surface area contributed by atoms with Crippen LogP contribution in [-0.4, -0.2) is 24.0 Å². The van der Waals surface area contributed by atoms with Crippen LogP contribution in [-0.2, 0) is 6.42 Å². The predicted octanol–water partition coefficient (Wildman–Crippen LogP) is 2.87. The Kier molecular flexibility index (Phi) is 5.32. The Morgan fingerprint density at radius 1 is 1.24 bits per heavy atom. The summed E-state index contributed by atoms with van der Waals surface area (Å²) >= 11 is 0. The van der Waals surface area contributed by atoms with Gasteiger partial charge in [-0.25, -0.2) is 4.98 Å². The number of carbonyl (C=O) groups excluding carboxylic acids is 1. The van der Waals surface area contributed by atoms with Crippen molar-refractivity contribution in [3.05, 3.63) is 59.8 Å². The van der Waals surface area contributed by atoms with Gasteiger partial charge in [0.15, 0.2) is 0 Å². The number of aryl methyl sites for hydroxylation is 1. The molecule has 2 N–H and O–H groups in total. The van der Waals surface area contributed by atoms with Crippen molar-refractivity contribution in [2.75, 3.05) is 12.4 Å². The summed E-state index contributed by atoms with van der Waals surface area (Å²) in [7, 11) is 1.78. The fourth-order valence-electron chi connectivity index (χ4n) is 2.12. The Morgan fingerprint density at radius 2 is 2.00 bits per heavy atom. The van der Waals surface area contributed by atoms with E-state index in [1.807, 2.05) is 25.1 Å². The second kappa shape index (κ2) is 7.43. The molecule has 4 nitrogen and oxygen atoms in total. The molecule has 1 aromatic carbocycles. The number of hydrogen-bond donors (Lipinski definition) is 2. The zero-order valence-electron chi connectivity index (χ0n) is 12.5. The van der Waals surface area contributed by atoms with Crippen LogP contribution in [0.5, 0.6) is 0 Å². The molecule has 2 rings (SSSR count). The van der Waals surface area contributed by atoms with E-state index in [9.17, 15) is 4.79 Å². The van der Waals surface area contributed by atoms with Gasteiger partial charge in [0.25, 0.3) is 5.91 Å². The first-order chi connectivity index (χ1) is 10.2. The van der Waals surface area contributed by atoms with Gasteiger partial charge in [-0.2, -0.15) is 0 Å². The van der Waals surface area contributed by atoms with E-state index in [0.717, 1.165) is 12.8 Å². The van der Waals surface area contributed by atoms with Crippen LogP contribution in [0.25, 0.3) is 0 Å². The highest BCUT2D eigenvalue weighted by Crippen LogP contribution is 2.08. The molecule has 0 spiro atoms. The third-order valence-corrected chi connectivity index (χ3v) is 3.36. The van der Waals surface area contributed by atoms with Crippen LogP contribution >= 0.6 is 0 Å². The van der Waals surface area contributed by atoms with Crippen LogP contribution in [0.4, 0.5) is 5.82 Å². The van der Waals surface area contributed by atoms with Crippen molar-refractivity contribution < 1.29 is 4.79 Å². The molecular weight excluding hydrogens is 262 g/mol. The monoisotopic (exact) mass is 283 g/mol. The average molecular weight is 283 g/mol. The Hall–Kier alpha value is -2.36. The molecule has 1 unspecified atom stereocenters. The lowest BCUT2D eigenvalue weighted by Gasteiger charge is -2.14. The molecule has 1 heterocycles. The molecule has 0 aliphatic carbocycles. The molecule has 1 atom stereocenters. The maximum Gasteiger partial charge on any atom is 0.251 e. The SMILES string of the molecule is CNc1cc(C(=O)NC(C)CCc2ccccc2)ccn1. The molecule has 0 saturated carbocycles. The Balaban J connectivity index is 1.87.